The summed E-state index contributed by atoms with van der Waals surface area (Å²) in [6.07, 6.45) is 6.93. The number of benzene rings is 1. The van der Waals surface area contributed by atoms with E-state index in [2.05, 4.69) is 37.7 Å². The Hall–Kier alpha value is -0.430. The molecular formula is C15H20S. The molecule has 1 aliphatic heterocycles. The second-order valence-corrected chi connectivity index (χ2v) is 6.36. The van der Waals surface area contributed by atoms with E-state index in [9.17, 15) is 0 Å². The summed E-state index contributed by atoms with van der Waals surface area (Å²) in [5.41, 5.74) is 5.41. The number of thioether (sulfide) groups is 1. The molecule has 86 valence electrons. The van der Waals surface area contributed by atoms with Crippen molar-refractivity contribution in [2.75, 3.05) is 5.75 Å². The highest BCUT2D eigenvalue weighted by Gasteiger charge is 2.43. The summed E-state index contributed by atoms with van der Waals surface area (Å²) < 4.78 is 0. The van der Waals surface area contributed by atoms with E-state index in [0.717, 1.165) is 0 Å². The van der Waals surface area contributed by atoms with Gasteiger partial charge in [0.15, 0.2) is 0 Å². The molecule has 1 aromatic rings. The van der Waals surface area contributed by atoms with Crippen molar-refractivity contribution in [1.82, 2.24) is 0 Å². The molecule has 0 atom stereocenters. The van der Waals surface area contributed by atoms with E-state index in [1.54, 1.807) is 21.6 Å². The molecule has 1 fully saturated rings. The van der Waals surface area contributed by atoms with Gasteiger partial charge in [-0.1, -0.05) is 31.9 Å². The topological polar surface area (TPSA) is 0 Å². The van der Waals surface area contributed by atoms with E-state index in [0.29, 0.717) is 5.41 Å². The van der Waals surface area contributed by atoms with Crippen molar-refractivity contribution in [2.45, 2.75) is 56.3 Å². The number of fused-ring (bicyclic) bond motifs is 2. The minimum absolute atomic E-state index is 0.565. The van der Waals surface area contributed by atoms with Gasteiger partial charge in [0.05, 0.1) is 0 Å². The summed E-state index contributed by atoms with van der Waals surface area (Å²) in [4.78, 5) is 1.64. The van der Waals surface area contributed by atoms with E-state index < -0.39 is 0 Å². The molecule has 0 bridgehead atoms. The van der Waals surface area contributed by atoms with Gasteiger partial charge in [0.1, 0.15) is 0 Å². The molecule has 0 nitrogen and oxygen atoms in total. The summed E-state index contributed by atoms with van der Waals surface area (Å²) >= 11 is 2.13. The third kappa shape index (κ3) is 1.37. The zero-order chi connectivity index (χ0) is 11.2. The van der Waals surface area contributed by atoms with Crippen LogP contribution in [0.1, 0.15) is 49.3 Å². The Kier molecular flexibility index (Phi) is 2.54. The van der Waals surface area contributed by atoms with Crippen LogP contribution in [0, 0.1) is 6.92 Å². The van der Waals surface area contributed by atoms with Gasteiger partial charge >= 0.3 is 0 Å². The predicted octanol–water partition coefficient (Wildman–Crippen LogP) is 4.47. The summed E-state index contributed by atoms with van der Waals surface area (Å²) in [5.74, 6) is 1.35. The number of hydrogen-bond donors (Lipinski definition) is 0. The first-order valence-corrected chi connectivity index (χ1v) is 7.51. The Balaban J connectivity index is 2.17. The Morgan fingerprint density at radius 2 is 2.00 bits per heavy atom. The minimum atomic E-state index is 0.565. The van der Waals surface area contributed by atoms with Crippen LogP contribution in [0.25, 0.3) is 0 Å². The van der Waals surface area contributed by atoms with E-state index in [-0.39, 0.29) is 0 Å². The van der Waals surface area contributed by atoms with E-state index in [1.165, 1.54) is 37.9 Å². The van der Waals surface area contributed by atoms with Crippen molar-refractivity contribution in [3.63, 3.8) is 0 Å². The maximum absolute atomic E-state index is 2.35. The first kappa shape index (κ1) is 10.7. The fraction of sp³-hybridized carbons (Fsp3) is 0.600. The van der Waals surface area contributed by atoms with E-state index >= 15 is 0 Å². The van der Waals surface area contributed by atoms with Crippen molar-refractivity contribution in [3.05, 3.63) is 28.8 Å². The molecule has 3 rings (SSSR count). The second kappa shape index (κ2) is 3.80. The molecule has 1 heteroatoms. The summed E-state index contributed by atoms with van der Waals surface area (Å²) in [5, 5.41) is 0. The molecule has 0 amide bonds. The van der Waals surface area contributed by atoms with Crippen molar-refractivity contribution in [2.24, 2.45) is 0 Å². The average Bonchev–Trinajstić information content (AvgIpc) is 2.90. The third-order valence-electron chi connectivity index (χ3n) is 4.41. The molecule has 2 aliphatic rings. The molecule has 1 saturated carbocycles. The van der Waals surface area contributed by atoms with Crippen LogP contribution < -0.4 is 0 Å². The first-order chi connectivity index (χ1) is 7.77. The zero-order valence-electron chi connectivity index (χ0n) is 10.3. The average molecular weight is 232 g/mol. The molecule has 0 N–H and O–H groups in total. The molecule has 1 heterocycles. The maximum Gasteiger partial charge on any atom is 0.0145 e. The standard InChI is InChI=1S/C15H20S/c1-3-12-7-6-11(2)13-14(12)16-10-15(13)8-4-5-9-15/h6-7H,3-5,8-10H2,1-2H3. The molecule has 0 saturated heterocycles. The van der Waals surface area contributed by atoms with Crippen LogP contribution >= 0.6 is 11.8 Å². The molecule has 1 aromatic carbocycles. The van der Waals surface area contributed by atoms with E-state index in [4.69, 9.17) is 0 Å². The lowest BCUT2D eigenvalue weighted by Crippen LogP contribution is -2.22. The van der Waals surface area contributed by atoms with Crippen LogP contribution in [-0.2, 0) is 11.8 Å². The van der Waals surface area contributed by atoms with Gasteiger partial charge in [-0.2, -0.15) is 0 Å². The predicted molar refractivity (Wildman–Crippen MR) is 71.4 cm³/mol. The lowest BCUT2D eigenvalue weighted by molar-refractivity contribution is 0.500. The number of rotatable bonds is 1. The van der Waals surface area contributed by atoms with Crippen LogP contribution in [0.2, 0.25) is 0 Å². The fourth-order valence-electron chi connectivity index (χ4n) is 3.56. The van der Waals surface area contributed by atoms with Gasteiger partial charge in [0, 0.05) is 16.1 Å². The van der Waals surface area contributed by atoms with Crippen LogP contribution in [0.4, 0.5) is 0 Å². The highest BCUT2D eigenvalue weighted by atomic mass is 32.2. The molecule has 1 spiro atoms. The van der Waals surface area contributed by atoms with Gasteiger partial charge in [-0.05, 0) is 42.9 Å². The van der Waals surface area contributed by atoms with Crippen LogP contribution in [0.3, 0.4) is 0 Å². The normalized spacial score (nSPS) is 21.6. The SMILES string of the molecule is CCc1ccc(C)c2c1SCC21CCCC1. The maximum atomic E-state index is 2.35. The first-order valence-electron chi connectivity index (χ1n) is 6.52. The Bertz CT molecular complexity index is 414. The van der Waals surface area contributed by atoms with E-state index in [1.807, 2.05) is 0 Å². The largest absolute Gasteiger partial charge is 0.125 e. The summed E-state index contributed by atoms with van der Waals surface area (Å²) in [7, 11) is 0. The number of hydrogen-bond acceptors (Lipinski definition) is 1. The third-order valence-corrected chi connectivity index (χ3v) is 5.86. The Morgan fingerprint density at radius 1 is 1.25 bits per heavy atom. The molecule has 0 radical (unpaired) electrons. The van der Waals surface area contributed by atoms with Gasteiger partial charge in [0.2, 0.25) is 0 Å². The number of aryl methyl sites for hydroxylation is 2. The molecular weight excluding hydrogens is 212 g/mol. The Labute approximate surface area is 103 Å². The molecule has 1 aliphatic carbocycles. The zero-order valence-corrected chi connectivity index (χ0v) is 11.1. The van der Waals surface area contributed by atoms with Gasteiger partial charge in [-0.25, -0.2) is 0 Å². The molecule has 16 heavy (non-hydrogen) atoms. The van der Waals surface area contributed by atoms with Gasteiger partial charge < -0.3 is 0 Å². The lowest BCUT2D eigenvalue weighted by atomic mass is 9.78. The minimum Gasteiger partial charge on any atom is -0.125 e. The van der Waals surface area contributed by atoms with Crippen molar-refractivity contribution in [1.29, 1.82) is 0 Å². The second-order valence-electron chi connectivity index (χ2n) is 5.38. The van der Waals surface area contributed by atoms with Gasteiger partial charge in [0.25, 0.3) is 0 Å². The van der Waals surface area contributed by atoms with Crippen LogP contribution in [0.5, 0.6) is 0 Å². The Morgan fingerprint density at radius 3 is 2.69 bits per heavy atom. The van der Waals surface area contributed by atoms with Crippen molar-refractivity contribution < 1.29 is 0 Å². The van der Waals surface area contributed by atoms with Crippen molar-refractivity contribution >= 4 is 11.8 Å². The summed E-state index contributed by atoms with van der Waals surface area (Å²) in [6.45, 7) is 4.59. The fourth-order valence-corrected chi connectivity index (χ4v) is 5.33. The van der Waals surface area contributed by atoms with Crippen molar-refractivity contribution in [3.8, 4) is 0 Å². The highest BCUT2D eigenvalue weighted by molar-refractivity contribution is 7.99. The lowest BCUT2D eigenvalue weighted by Gasteiger charge is -2.25. The highest BCUT2D eigenvalue weighted by Crippen LogP contribution is 2.54. The quantitative estimate of drug-likeness (QED) is 0.688. The molecule has 0 aromatic heterocycles. The van der Waals surface area contributed by atoms with Crippen LogP contribution in [-0.4, -0.2) is 5.75 Å². The van der Waals surface area contributed by atoms with Gasteiger partial charge in [-0.3, -0.25) is 0 Å². The van der Waals surface area contributed by atoms with Crippen LogP contribution in [0.15, 0.2) is 17.0 Å². The monoisotopic (exact) mass is 232 g/mol. The molecule has 0 unspecified atom stereocenters. The summed E-state index contributed by atoms with van der Waals surface area (Å²) in [6, 6.07) is 4.69. The smallest absolute Gasteiger partial charge is 0.0145 e. The van der Waals surface area contributed by atoms with Gasteiger partial charge in [-0.15, -0.1) is 11.8 Å².